The van der Waals surface area contributed by atoms with Crippen LogP contribution in [0.4, 0.5) is 0 Å². The van der Waals surface area contributed by atoms with Crippen LogP contribution in [-0.4, -0.2) is 44.3 Å². The van der Waals surface area contributed by atoms with Crippen LogP contribution in [0.5, 0.6) is 5.75 Å². The minimum atomic E-state index is -1.01. The fraction of sp³-hybridized carbons (Fsp3) is 0.400. The van der Waals surface area contributed by atoms with Crippen molar-refractivity contribution in [1.29, 1.82) is 0 Å². The van der Waals surface area contributed by atoms with Gasteiger partial charge >= 0.3 is 5.97 Å². The van der Waals surface area contributed by atoms with Gasteiger partial charge in [0.05, 0.1) is 27.3 Å². The van der Waals surface area contributed by atoms with Crippen LogP contribution < -0.4 is 15.4 Å². The molecule has 7 nitrogen and oxygen atoms in total. The molecule has 0 amide bonds. The van der Waals surface area contributed by atoms with Gasteiger partial charge in [-0.1, -0.05) is 6.07 Å². The maximum Gasteiger partial charge on any atom is 0.341 e. The van der Waals surface area contributed by atoms with Gasteiger partial charge in [0.1, 0.15) is 16.9 Å². The molecule has 1 unspecified atom stereocenters. The van der Waals surface area contributed by atoms with Crippen molar-refractivity contribution in [1.82, 2.24) is 10.6 Å². The molecule has 0 saturated heterocycles. The van der Waals surface area contributed by atoms with E-state index in [0.717, 1.165) is 11.1 Å². The van der Waals surface area contributed by atoms with Crippen LogP contribution in [0.3, 0.4) is 0 Å². The number of aliphatic imine (C=N–C) groups is 1. The quantitative estimate of drug-likeness (QED) is 0.355. The van der Waals surface area contributed by atoms with Gasteiger partial charge in [-0.25, -0.2) is 9.79 Å². The number of carbonyl (C=O) groups excluding carboxylic acids is 1. The van der Waals surface area contributed by atoms with E-state index in [1.807, 2.05) is 29.8 Å². The number of ether oxygens (including phenoxy) is 2. The van der Waals surface area contributed by atoms with Crippen molar-refractivity contribution >= 4 is 23.3 Å². The van der Waals surface area contributed by atoms with Crippen LogP contribution in [0.25, 0.3) is 0 Å². The number of aliphatic hydroxyl groups is 1. The highest BCUT2D eigenvalue weighted by Gasteiger charge is 2.23. The van der Waals surface area contributed by atoms with E-state index < -0.39 is 11.6 Å². The zero-order valence-corrected chi connectivity index (χ0v) is 17.4. The molecule has 0 spiro atoms. The van der Waals surface area contributed by atoms with Crippen molar-refractivity contribution in [2.24, 2.45) is 4.99 Å². The Bertz CT molecular complexity index is 804. The molecule has 152 valence electrons. The standard InChI is InChI=1S/C20H27N3O4S/c1-5-21-19(23-13-20(2,25)15-8-9-28-12-15)22-11-14-6-7-17(26-3)16(10-14)18(24)27-4/h6-10,12,25H,5,11,13H2,1-4H3,(H2,21,22,23). The van der Waals surface area contributed by atoms with Crippen molar-refractivity contribution in [3.63, 3.8) is 0 Å². The van der Waals surface area contributed by atoms with Crippen LogP contribution in [0, 0.1) is 0 Å². The summed E-state index contributed by atoms with van der Waals surface area (Å²) in [4.78, 5) is 16.5. The monoisotopic (exact) mass is 405 g/mol. The van der Waals surface area contributed by atoms with Crippen LogP contribution >= 0.6 is 11.3 Å². The van der Waals surface area contributed by atoms with Gasteiger partial charge in [0, 0.05) is 6.54 Å². The maximum absolute atomic E-state index is 11.9. The second kappa shape index (κ2) is 10.1. The number of hydrogen-bond donors (Lipinski definition) is 3. The topological polar surface area (TPSA) is 92.2 Å². The molecule has 0 aliphatic rings. The number of nitrogens with zero attached hydrogens (tertiary/aromatic N) is 1. The summed E-state index contributed by atoms with van der Waals surface area (Å²) >= 11 is 1.55. The second-order valence-corrected chi connectivity index (χ2v) is 7.14. The largest absolute Gasteiger partial charge is 0.496 e. The summed E-state index contributed by atoms with van der Waals surface area (Å²) < 4.78 is 10.0. The lowest BCUT2D eigenvalue weighted by atomic mass is 9.99. The molecule has 2 rings (SSSR count). The van der Waals surface area contributed by atoms with Crippen LogP contribution in [0.1, 0.15) is 35.3 Å². The van der Waals surface area contributed by atoms with E-state index in [1.165, 1.54) is 14.2 Å². The smallest absolute Gasteiger partial charge is 0.341 e. The summed E-state index contributed by atoms with van der Waals surface area (Å²) in [5.41, 5.74) is 1.05. The van der Waals surface area contributed by atoms with E-state index in [1.54, 1.807) is 30.4 Å². The minimum Gasteiger partial charge on any atom is -0.496 e. The Morgan fingerprint density at radius 3 is 2.68 bits per heavy atom. The third-order valence-corrected chi connectivity index (χ3v) is 4.86. The van der Waals surface area contributed by atoms with E-state index in [0.29, 0.717) is 36.9 Å². The third-order valence-electron chi connectivity index (χ3n) is 4.18. The lowest BCUT2D eigenvalue weighted by molar-refractivity contribution is 0.0595. The number of hydrogen-bond acceptors (Lipinski definition) is 6. The van der Waals surface area contributed by atoms with E-state index in [9.17, 15) is 9.90 Å². The first-order chi connectivity index (χ1) is 13.4. The number of guanidine groups is 1. The average molecular weight is 406 g/mol. The van der Waals surface area contributed by atoms with Crippen LogP contribution in [0.2, 0.25) is 0 Å². The molecule has 0 radical (unpaired) electrons. The van der Waals surface area contributed by atoms with Crippen molar-refractivity contribution in [3.8, 4) is 5.75 Å². The molecule has 8 heteroatoms. The molecular formula is C20H27N3O4S. The normalized spacial score (nSPS) is 13.5. The third kappa shape index (κ3) is 5.71. The molecule has 28 heavy (non-hydrogen) atoms. The fourth-order valence-corrected chi connectivity index (χ4v) is 3.35. The summed E-state index contributed by atoms with van der Waals surface area (Å²) in [6, 6.07) is 7.18. The molecule has 1 aromatic heterocycles. The number of methoxy groups -OCH3 is 2. The summed E-state index contributed by atoms with van der Waals surface area (Å²) in [6.45, 7) is 5.08. The molecule has 0 bridgehead atoms. The molecule has 0 saturated carbocycles. The first-order valence-corrected chi connectivity index (χ1v) is 9.88. The number of esters is 1. The Hall–Kier alpha value is -2.58. The zero-order chi connectivity index (χ0) is 20.6. The molecule has 1 atom stereocenters. The van der Waals surface area contributed by atoms with Gasteiger partial charge in [-0.2, -0.15) is 11.3 Å². The molecule has 0 fully saturated rings. The highest BCUT2D eigenvalue weighted by molar-refractivity contribution is 7.08. The number of benzene rings is 1. The number of carbonyl (C=O) groups is 1. The van der Waals surface area contributed by atoms with Crippen LogP contribution in [0.15, 0.2) is 40.0 Å². The second-order valence-electron chi connectivity index (χ2n) is 6.36. The molecule has 1 aromatic carbocycles. The van der Waals surface area contributed by atoms with Gasteiger partial charge in [-0.3, -0.25) is 0 Å². The van der Waals surface area contributed by atoms with Crippen molar-refractivity contribution < 1.29 is 19.4 Å². The van der Waals surface area contributed by atoms with Crippen molar-refractivity contribution in [2.45, 2.75) is 26.0 Å². The van der Waals surface area contributed by atoms with E-state index >= 15 is 0 Å². The van der Waals surface area contributed by atoms with Gasteiger partial charge in [0.15, 0.2) is 5.96 Å². The van der Waals surface area contributed by atoms with Crippen molar-refractivity contribution in [2.75, 3.05) is 27.3 Å². The van der Waals surface area contributed by atoms with Gasteiger partial charge in [0.25, 0.3) is 0 Å². The van der Waals surface area contributed by atoms with Gasteiger partial charge in [-0.05, 0) is 53.9 Å². The first kappa shape index (κ1) is 21.7. The Balaban J connectivity index is 2.11. The van der Waals surface area contributed by atoms with Gasteiger partial charge in [0.2, 0.25) is 0 Å². The summed E-state index contributed by atoms with van der Waals surface area (Å²) in [5.74, 6) is 0.574. The van der Waals surface area contributed by atoms with E-state index in [4.69, 9.17) is 9.47 Å². The zero-order valence-electron chi connectivity index (χ0n) is 16.6. The first-order valence-electron chi connectivity index (χ1n) is 8.93. The molecule has 2 aromatic rings. The Labute approximate surface area is 169 Å². The summed E-state index contributed by atoms with van der Waals surface area (Å²) in [6.07, 6.45) is 0. The number of thiophene rings is 1. The van der Waals surface area contributed by atoms with Gasteiger partial charge in [-0.15, -0.1) is 0 Å². The van der Waals surface area contributed by atoms with Gasteiger partial charge < -0.3 is 25.2 Å². The Kier molecular flexibility index (Phi) is 7.83. The van der Waals surface area contributed by atoms with Crippen LogP contribution in [-0.2, 0) is 16.9 Å². The lowest BCUT2D eigenvalue weighted by Crippen LogP contribution is -2.44. The lowest BCUT2D eigenvalue weighted by Gasteiger charge is -2.24. The Morgan fingerprint density at radius 2 is 2.07 bits per heavy atom. The SMILES string of the molecule is CCNC(=NCc1ccc(OC)c(C(=O)OC)c1)NCC(C)(O)c1ccsc1. The summed E-state index contributed by atoms with van der Waals surface area (Å²) in [7, 11) is 2.84. The highest BCUT2D eigenvalue weighted by atomic mass is 32.1. The number of rotatable bonds is 8. The van der Waals surface area contributed by atoms with E-state index in [2.05, 4.69) is 15.6 Å². The predicted octanol–water partition coefficient (Wildman–Crippen LogP) is 2.51. The maximum atomic E-state index is 11.9. The molecule has 3 N–H and O–H groups in total. The molecule has 0 aliphatic carbocycles. The van der Waals surface area contributed by atoms with E-state index in [-0.39, 0.29) is 0 Å². The average Bonchev–Trinajstić information content (AvgIpc) is 3.25. The van der Waals surface area contributed by atoms with Crippen molar-refractivity contribution in [3.05, 3.63) is 51.7 Å². The molecule has 0 aliphatic heterocycles. The molecule has 1 heterocycles. The fourth-order valence-electron chi connectivity index (χ4n) is 2.56. The predicted molar refractivity (Wildman–Crippen MR) is 111 cm³/mol. The summed E-state index contributed by atoms with van der Waals surface area (Å²) in [5, 5.41) is 20.8. The molecular weight excluding hydrogens is 378 g/mol. The Morgan fingerprint density at radius 1 is 1.29 bits per heavy atom. The highest BCUT2D eigenvalue weighted by Crippen LogP contribution is 2.22. The minimum absolute atomic E-state index is 0.311. The number of nitrogens with one attached hydrogen (secondary N) is 2.